The first-order valence-electron chi connectivity index (χ1n) is 11.3. The number of anilines is 1. The highest BCUT2D eigenvalue weighted by Crippen LogP contribution is 2.36. The fourth-order valence-electron chi connectivity index (χ4n) is 2.77. The van der Waals surface area contributed by atoms with E-state index in [9.17, 15) is 14.4 Å². The predicted molar refractivity (Wildman–Crippen MR) is 139 cm³/mol. The third kappa shape index (κ3) is 8.88. The Morgan fingerprint density at radius 3 is 1.81 bits per heavy atom. The molecule has 0 heterocycles. The minimum atomic E-state index is -0.580. The monoisotopic (exact) mass is 509 g/mol. The smallest absolute Gasteiger partial charge is 0.338 e. The molecule has 0 fully saturated rings. The van der Waals surface area contributed by atoms with E-state index in [1.807, 2.05) is 0 Å². The van der Waals surface area contributed by atoms with Gasteiger partial charge in [0.05, 0.1) is 5.69 Å². The summed E-state index contributed by atoms with van der Waals surface area (Å²) in [6, 6.07) is 10.1. The summed E-state index contributed by atoms with van der Waals surface area (Å²) in [5.74, 6) is -0.503. The van der Waals surface area contributed by atoms with E-state index in [-0.39, 0.29) is 49.0 Å². The van der Waals surface area contributed by atoms with Gasteiger partial charge in [0.2, 0.25) is 0 Å². The molecule has 9 nitrogen and oxygen atoms in total. The molecular weight excluding hydrogens is 478 g/mol. The summed E-state index contributed by atoms with van der Waals surface area (Å²) < 4.78 is 26.9. The molecule has 2 aromatic rings. The van der Waals surface area contributed by atoms with E-state index in [4.69, 9.17) is 29.4 Å². The molecule has 0 amide bonds. The summed E-state index contributed by atoms with van der Waals surface area (Å²) in [6.07, 6.45) is 0. The van der Waals surface area contributed by atoms with Crippen LogP contribution in [0.2, 0.25) is 0 Å². The number of esters is 3. The molecule has 9 heteroatoms. The van der Waals surface area contributed by atoms with Gasteiger partial charge in [-0.15, -0.1) is 0 Å². The van der Waals surface area contributed by atoms with E-state index in [2.05, 4.69) is 19.7 Å². The van der Waals surface area contributed by atoms with Crippen LogP contribution in [0.3, 0.4) is 0 Å². The Morgan fingerprint density at radius 2 is 1.27 bits per heavy atom. The number of nitrogen functional groups attached to an aromatic ring is 1. The molecule has 2 N–H and O–H groups in total. The third-order valence-electron chi connectivity index (χ3n) is 4.68. The van der Waals surface area contributed by atoms with Crippen molar-refractivity contribution in [1.82, 2.24) is 0 Å². The molecule has 0 spiro atoms. The zero-order valence-corrected chi connectivity index (χ0v) is 21.3. The summed E-state index contributed by atoms with van der Waals surface area (Å²) in [5, 5.41) is 0. The number of carbonyl (C=O) groups is 3. The molecule has 0 aliphatic carbocycles. The molecule has 0 radical (unpaired) electrons. The number of benzene rings is 2. The van der Waals surface area contributed by atoms with Gasteiger partial charge < -0.3 is 29.4 Å². The van der Waals surface area contributed by atoms with Crippen LogP contribution in [0.1, 0.15) is 20.8 Å². The Bertz CT molecular complexity index is 1210. The lowest BCUT2D eigenvalue weighted by atomic mass is 10.0. The topological polar surface area (TPSA) is 123 Å². The minimum Gasteiger partial charge on any atom is -0.490 e. The maximum atomic E-state index is 11.8. The predicted octanol–water partition coefficient (Wildman–Crippen LogP) is 4.41. The number of rotatable bonds is 13. The zero-order chi connectivity index (χ0) is 27.5. The number of carbonyl (C=O) groups excluding carboxylic acids is 3. The van der Waals surface area contributed by atoms with Gasteiger partial charge in [0.25, 0.3) is 0 Å². The quantitative estimate of drug-likeness (QED) is 0.137. The van der Waals surface area contributed by atoms with Crippen molar-refractivity contribution < 1.29 is 38.1 Å². The standard InChI is InChI=1S/C28H31NO8/c1-17(2)26(30)35-13-11-33-21-8-9-22(25(16-21)34-12-14-36-27(31)18(3)4)20-7-10-24(23(29)15-20)37-28(32)19(5)6/h7-10,15-16H,1,3,5,11-14,29H2,2,4,6H3. The summed E-state index contributed by atoms with van der Waals surface area (Å²) in [7, 11) is 0. The second kappa shape index (κ2) is 13.5. The van der Waals surface area contributed by atoms with E-state index < -0.39 is 17.9 Å². The minimum absolute atomic E-state index is 0.00497. The van der Waals surface area contributed by atoms with Crippen LogP contribution < -0.4 is 19.9 Å². The second-order valence-electron chi connectivity index (χ2n) is 8.11. The van der Waals surface area contributed by atoms with E-state index >= 15 is 0 Å². The lowest BCUT2D eigenvalue weighted by Gasteiger charge is -2.16. The number of hydrogen-bond acceptors (Lipinski definition) is 9. The van der Waals surface area contributed by atoms with Crippen LogP contribution in [0.15, 0.2) is 72.9 Å². The van der Waals surface area contributed by atoms with Crippen molar-refractivity contribution in [1.29, 1.82) is 0 Å². The lowest BCUT2D eigenvalue weighted by Crippen LogP contribution is -2.13. The van der Waals surface area contributed by atoms with Crippen LogP contribution in [-0.2, 0) is 23.9 Å². The number of nitrogens with two attached hydrogens (primary N) is 1. The molecule has 0 atom stereocenters. The Hall–Kier alpha value is -4.53. The van der Waals surface area contributed by atoms with Gasteiger partial charge in [0.1, 0.15) is 37.9 Å². The molecular formula is C28H31NO8. The maximum Gasteiger partial charge on any atom is 0.338 e. The third-order valence-corrected chi connectivity index (χ3v) is 4.68. The van der Waals surface area contributed by atoms with E-state index in [0.29, 0.717) is 28.2 Å². The van der Waals surface area contributed by atoms with Crippen LogP contribution in [0, 0.1) is 0 Å². The Morgan fingerprint density at radius 1 is 0.703 bits per heavy atom. The summed E-state index contributed by atoms with van der Waals surface area (Å²) in [6.45, 7) is 15.5. The summed E-state index contributed by atoms with van der Waals surface area (Å²) >= 11 is 0. The molecule has 0 bridgehead atoms. The van der Waals surface area contributed by atoms with Crippen molar-refractivity contribution in [3.05, 3.63) is 72.9 Å². The molecule has 196 valence electrons. The van der Waals surface area contributed by atoms with E-state index in [1.54, 1.807) is 50.2 Å². The van der Waals surface area contributed by atoms with Crippen LogP contribution in [-0.4, -0.2) is 44.3 Å². The van der Waals surface area contributed by atoms with Crippen LogP contribution >= 0.6 is 0 Å². The van der Waals surface area contributed by atoms with Crippen molar-refractivity contribution in [3.63, 3.8) is 0 Å². The van der Waals surface area contributed by atoms with Crippen LogP contribution in [0.25, 0.3) is 11.1 Å². The van der Waals surface area contributed by atoms with Crippen molar-refractivity contribution >= 4 is 23.6 Å². The molecule has 2 rings (SSSR count). The van der Waals surface area contributed by atoms with Gasteiger partial charge in [-0.2, -0.15) is 0 Å². The molecule has 0 aliphatic heterocycles. The molecule has 0 saturated heterocycles. The number of ether oxygens (including phenoxy) is 5. The lowest BCUT2D eigenvalue weighted by molar-refractivity contribution is -0.140. The van der Waals surface area contributed by atoms with Gasteiger partial charge >= 0.3 is 17.9 Å². The first-order chi connectivity index (χ1) is 17.5. The number of hydrogen-bond donors (Lipinski definition) is 1. The van der Waals surface area contributed by atoms with Crippen LogP contribution in [0.4, 0.5) is 5.69 Å². The van der Waals surface area contributed by atoms with Gasteiger partial charge in [0, 0.05) is 28.3 Å². The highest BCUT2D eigenvalue weighted by atomic mass is 16.6. The molecule has 0 aliphatic rings. The fraction of sp³-hybridized carbons (Fsp3) is 0.250. The molecule has 37 heavy (non-hydrogen) atoms. The Balaban J connectivity index is 2.22. The summed E-state index contributed by atoms with van der Waals surface area (Å²) in [5.41, 5.74) is 8.53. The van der Waals surface area contributed by atoms with Gasteiger partial charge in [0.15, 0.2) is 5.75 Å². The van der Waals surface area contributed by atoms with E-state index in [1.165, 1.54) is 6.92 Å². The first kappa shape index (κ1) is 28.7. The largest absolute Gasteiger partial charge is 0.490 e. The molecule has 0 unspecified atom stereocenters. The first-order valence-corrected chi connectivity index (χ1v) is 11.3. The highest BCUT2D eigenvalue weighted by Gasteiger charge is 2.14. The van der Waals surface area contributed by atoms with Gasteiger partial charge in [-0.3, -0.25) is 0 Å². The van der Waals surface area contributed by atoms with Gasteiger partial charge in [-0.1, -0.05) is 25.8 Å². The van der Waals surface area contributed by atoms with Gasteiger partial charge in [-0.25, -0.2) is 14.4 Å². The normalized spacial score (nSPS) is 10.1. The van der Waals surface area contributed by atoms with E-state index in [0.717, 1.165) is 0 Å². The second-order valence-corrected chi connectivity index (χ2v) is 8.11. The van der Waals surface area contributed by atoms with Crippen molar-refractivity contribution in [2.45, 2.75) is 20.8 Å². The molecule has 2 aromatic carbocycles. The molecule has 0 saturated carbocycles. The zero-order valence-electron chi connectivity index (χ0n) is 21.3. The average molecular weight is 510 g/mol. The van der Waals surface area contributed by atoms with Crippen molar-refractivity contribution in [2.24, 2.45) is 0 Å². The Labute approximate surface area is 216 Å². The fourth-order valence-corrected chi connectivity index (χ4v) is 2.77. The van der Waals surface area contributed by atoms with Gasteiger partial charge in [-0.05, 0) is 50.6 Å². The highest BCUT2D eigenvalue weighted by molar-refractivity contribution is 5.90. The Kier molecular flexibility index (Phi) is 10.5. The van der Waals surface area contributed by atoms with Crippen molar-refractivity contribution in [2.75, 3.05) is 32.2 Å². The molecule has 0 aromatic heterocycles. The maximum absolute atomic E-state index is 11.8. The summed E-state index contributed by atoms with van der Waals surface area (Å²) in [4.78, 5) is 35.0. The van der Waals surface area contributed by atoms with Crippen LogP contribution in [0.5, 0.6) is 17.2 Å². The SMILES string of the molecule is C=C(C)C(=O)OCCOc1ccc(-c2ccc(OC(=O)C(=C)C)c(N)c2)c(OCCOC(=O)C(=C)C)c1. The average Bonchev–Trinajstić information content (AvgIpc) is 2.85. The van der Waals surface area contributed by atoms with Crippen molar-refractivity contribution in [3.8, 4) is 28.4 Å².